The first-order valence-corrected chi connectivity index (χ1v) is 9.25. The van der Waals surface area contributed by atoms with Crippen molar-refractivity contribution >= 4 is 41.1 Å². The van der Waals surface area contributed by atoms with Gasteiger partial charge >= 0.3 is 0 Å². The highest BCUT2D eigenvalue weighted by Crippen LogP contribution is 2.28. The van der Waals surface area contributed by atoms with Gasteiger partial charge in [-0.05, 0) is 42.3 Å². The Hall–Kier alpha value is -2.70. The molecule has 0 spiro atoms. The van der Waals surface area contributed by atoms with Gasteiger partial charge < -0.3 is 9.47 Å². The second kappa shape index (κ2) is 10.6. The topological polar surface area (TPSA) is 76.7 Å². The summed E-state index contributed by atoms with van der Waals surface area (Å²) in [6, 6.07) is 9.84. The molecule has 8 heteroatoms. The maximum atomic E-state index is 12.2. The minimum Gasteiger partial charge on any atom is -0.493 e. The first kappa shape index (κ1) is 21.6. The number of carbonyl (C=O) groups excluding carboxylic acids is 2. The highest BCUT2D eigenvalue weighted by atomic mass is 35.5. The van der Waals surface area contributed by atoms with Crippen molar-refractivity contribution in [1.29, 1.82) is 0 Å². The van der Waals surface area contributed by atoms with E-state index in [0.717, 1.165) is 6.42 Å². The van der Waals surface area contributed by atoms with E-state index in [4.69, 9.17) is 32.7 Å². The van der Waals surface area contributed by atoms with Crippen LogP contribution in [0.3, 0.4) is 0 Å². The molecule has 0 unspecified atom stereocenters. The molecule has 0 aliphatic carbocycles. The van der Waals surface area contributed by atoms with Crippen molar-refractivity contribution in [3.05, 3.63) is 63.6 Å². The Labute approximate surface area is 173 Å². The van der Waals surface area contributed by atoms with Crippen molar-refractivity contribution in [3.8, 4) is 11.5 Å². The average Bonchev–Trinajstić information content (AvgIpc) is 2.71. The predicted molar refractivity (Wildman–Crippen MR) is 110 cm³/mol. The minimum absolute atomic E-state index is 0.308. The summed E-state index contributed by atoms with van der Waals surface area (Å²) in [6.45, 7) is 2.53. The van der Waals surface area contributed by atoms with Gasteiger partial charge in [-0.2, -0.15) is 0 Å². The number of amides is 2. The molecular formula is C20H20Cl2N2O4. The lowest BCUT2D eigenvalue weighted by Gasteiger charge is -2.12. The van der Waals surface area contributed by atoms with Crippen LogP contribution in [0.15, 0.2) is 42.5 Å². The summed E-state index contributed by atoms with van der Waals surface area (Å²) in [5.74, 6) is -0.0451. The van der Waals surface area contributed by atoms with E-state index in [1.54, 1.807) is 30.3 Å². The number of nitrogens with one attached hydrogen (secondary N) is 2. The van der Waals surface area contributed by atoms with E-state index >= 15 is 0 Å². The number of hydrogen-bond acceptors (Lipinski definition) is 4. The Balaban J connectivity index is 1.96. The number of benzene rings is 2. The largest absolute Gasteiger partial charge is 0.493 e. The number of hydrazine groups is 1. The number of rotatable bonds is 7. The van der Waals surface area contributed by atoms with Gasteiger partial charge in [0.15, 0.2) is 11.5 Å². The highest BCUT2D eigenvalue weighted by Gasteiger charge is 2.11. The van der Waals surface area contributed by atoms with E-state index in [1.807, 2.05) is 6.92 Å². The normalized spacial score (nSPS) is 10.6. The molecule has 0 aliphatic heterocycles. The molecule has 28 heavy (non-hydrogen) atoms. The lowest BCUT2D eigenvalue weighted by Crippen LogP contribution is -2.40. The van der Waals surface area contributed by atoms with Gasteiger partial charge in [0, 0.05) is 11.6 Å². The second-order valence-electron chi connectivity index (χ2n) is 5.63. The van der Waals surface area contributed by atoms with E-state index in [1.165, 1.54) is 25.3 Å². The van der Waals surface area contributed by atoms with Gasteiger partial charge in [-0.3, -0.25) is 20.4 Å². The summed E-state index contributed by atoms with van der Waals surface area (Å²) in [7, 11) is 1.49. The van der Waals surface area contributed by atoms with Gasteiger partial charge in [-0.15, -0.1) is 0 Å². The fourth-order valence-electron chi connectivity index (χ4n) is 2.19. The van der Waals surface area contributed by atoms with Crippen molar-refractivity contribution in [2.75, 3.05) is 13.7 Å². The molecule has 2 N–H and O–H groups in total. The third kappa shape index (κ3) is 5.90. The zero-order valence-electron chi connectivity index (χ0n) is 15.4. The summed E-state index contributed by atoms with van der Waals surface area (Å²) in [5, 5.41) is 0.729. The Morgan fingerprint density at radius 3 is 2.61 bits per heavy atom. The minimum atomic E-state index is -0.528. The molecular weight excluding hydrogens is 403 g/mol. The van der Waals surface area contributed by atoms with Crippen LogP contribution < -0.4 is 20.3 Å². The number of halogens is 2. The molecule has 0 heterocycles. The van der Waals surface area contributed by atoms with E-state index in [9.17, 15) is 9.59 Å². The molecule has 0 radical (unpaired) electrons. The zero-order chi connectivity index (χ0) is 20.5. The van der Waals surface area contributed by atoms with Gasteiger partial charge in [-0.1, -0.05) is 42.3 Å². The van der Waals surface area contributed by atoms with Crippen molar-refractivity contribution in [2.45, 2.75) is 13.3 Å². The Bertz CT molecular complexity index is 885. The van der Waals surface area contributed by atoms with Gasteiger partial charge in [0.25, 0.3) is 11.8 Å². The summed E-state index contributed by atoms with van der Waals surface area (Å²) >= 11 is 12.0. The van der Waals surface area contributed by atoms with Gasteiger partial charge in [-0.25, -0.2) is 0 Å². The average molecular weight is 423 g/mol. The molecule has 0 saturated carbocycles. The lowest BCUT2D eigenvalue weighted by molar-refractivity contribution is -0.117. The smallest absolute Gasteiger partial charge is 0.269 e. The van der Waals surface area contributed by atoms with Crippen LogP contribution in [-0.4, -0.2) is 25.5 Å². The van der Waals surface area contributed by atoms with Crippen molar-refractivity contribution in [1.82, 2.24) is 10.9 Å². The number of hydrogen-bond donors (Lipinski definition) is 2. The van der Waals surface area contributed by atoms with Gasteiger partial charge in [0.2, 0.25) is 0 Å². The molecule has 0 aromatic heterocycles. The molecule has 148 valence electrons. The quantitative estimate of drug-likeness (QED) is 0.515. The molecule has 0 bridgehead atoms. The Morgan fingerprint density at radius 1 is 1.11 bits per heavy atom. The van der Waals surface area contributed by atoms with Crippen molar-refractivity contribution < 1.29 is 19.1 Å². The third-order valence-corrected chi connectivity index (χ3v) is 4.42. The van der Waals surface area contributed by atoms with Crippen LogP contribution in [0.2, 0.25) is 10.0 Å². The predicted octanol–water partition coefficient (Wildman–Crippen LogP) is 4.27. The number of ether oxygens (including phenoxy) is 2. The third-order valence-electron chi connectivity index (χ3n) is 3.58. The fraction of sp³-hybridized carbons (Fsp3) is 0.200. The van der Waals surface area contributed by atoms with Crippen LogP contribution in [0, 0.1) is 0 Å². The highest BCUT2D eigenvalue weighted by molar-refractivity contribution is 6.42. The maximum Gasteiger partial charge on any atom is 0.269 e. The monoisotopic (exact) mass is 422 g/mol. The molecule has 2 aromatic rings. The van der Waals surface area contributed by atoms with E-state index in [-0.39, 0.29) is 0 Å². The summed E-state index contributed by atoms with van der Waals surface area (Å²) < 4.78 is 10.8. The van der Waals surface area contributed by atoms with Crippen molar-refractivity contribution in [3.63, 3.8) is 0 Å². The second-order valence-corrected chi connectivity index (χ2v) is 6.42. The first-order chi connectivity index (χ1) is 13.5. The molecule has 0 fully saturated rings. The zero-order valence-corrected chi connectivity index (χ0v) is 16.9. The number of methoxy groups -OCH3 is 1. The molecule has 2 aromatic carbocycles. The van der Waals surface area contributed by atoms with Crippen LogP contribution in [-0.2, 0) is 4.79 Å². The Kier molecular flexibility index (Phi) is 8.17. The van der Waals surface area contributed by atoms with Crippen LogP contribution >= 0.6 is 23.2 Å². The van der Waals surface area contributed by atoms with Crippen molar-refractivity contribution in [2.24, 2.45) is 0 Å². The van der Waals surface area contributed by atoms with Gasteiger partial charge in [0.1, 0.15) is 0 Å². The molecule has 2 amide bonds. The van der Waals surface area contributed by atoms with E-state index in [0.29, 0.717) is 39.3 Å². The molecule has 0 atom stereocenters. The van der Waals surface area contributed by atoms with Crippen LogP contribution in [0.4, 0.5) is 0 Å². The van der Waals surface area contributed by atoms with Gasteiger partial charge in [0.05, 0.1) is 23.8 Å². The maximum absolute atomic E-state index is 12.2. The van der Waals surface area contributed by atoms with E-state index < -0.39 is 11.8 Å². The molecule has 6 nitrogen and oxygen atoms in total. The number of carbonyl (C=O) groups is 2. The van der Waals surface area contributed by atoms with Crippen LogP contribution in [0.1, 0.15) is 29.3 Å². The first-order valence-electron chi connectivity index (χ1n) is 8.49. The summed E-state index contributed by atoms with van der Waals surface area (Å²) in [4.78, 5) is 24.1. The Morgan fingerprint density at radius 2 is 1.89 bits per heavy atom. The summed E-state index contributed by atoms with van der Waals surface area (Å²) in [5.41, 5.74) is 5.52. The summed E-state index contributed by atoms with van der Waals surface area (Å²) in [6.07, 6.45) is 3.59. The van der Waals surface area contributed by atoms with Crippen LogP contribution in [0.25, 0.3) is 6.08 Å². The van der Waals surface area contributed by atoms with E-state index in [2.05, 4.69) is 10.9 Å². The standard InChI is InChI=1S/C20H20Cl2N2O4/c1-3-11-28-16-9-7-14(12-17(16)27-2)20(26)24-23-18(25)10-8-13-5-4-6-15(21)19(13)22/h4-10,12H,3,11H2,1-2H3,(H,23,25)(H,24,26)/b10-8+. The fourth-order valence-corrected chi connectivity index (χ4v) is 2.56. The molecule has 2 rings (SSSR count). The molecule has 0 saturated heterocycles. The molecule has 0 aliphatic rings. The van der Waals surface area contributed by atoms with Crippen LogP contribution in [0.5, 0.6) is 11.5 Å². The lowest BCUT2D eigenvalue weighted by atomic mass is 10.2. The SMILES string of the molecule is CCCOc1ccc(C(=O)NNC(=O)/C=C/c2cccc(Cl)c2Cl)cc1OC.